The Hall–Kier alpha value is -2.12. The van der Waals surface area contributed by atoms with Crippen molar-refractivity contribution in [1.82, 2.24) is 19.7 Å². The topological polar surface area (TPSA) is 66.0 Å². The van der Waals surface area contributed by atoms with E-state index in [1.165, 1.54) is 6.26 Å². The molecule has 0 spiro atoms. The predicted octanol–water partition coefficient (Wildman–Crippen LogP) is 2.07. The van der Waals surface area contributed by atoms with E-state index in [0.717, 1.165) is 51.4 Å². The van der Waals surface area contributed by atoms with Crippen LogP contribution in [0.5, 0.6) is 0 Å². The number of carbonyl (C=O) groups excluding carboxylic acids is 1. The van der Waals surface area contributed by atoms with E-state index in [-0.39, 0.29) is 5.91 Å². The van der Waals surface area contributed by atoms with E-state index in [1.807, 2.05) is 19.1 Å². The minimum absolute atomic E-state index is 0.0832. The van der Waals surface area contributed by atoms with Gasteiger partial charge in [0.1, 0.15) is 12.0 Å². The molecule has 2 aromatic rings. The lowest BCUT2D eigenvalue weighted by atomic mass is 10.3. The smallest absolute Gasteiger partial charge is 0.275 e. The summed E-state index contributed by atoms with van der Waals surface area (Å²) in [6, 6.07) is 3.93. The van der Waals surface area contributed by atoms with Crippen LogP contribution >= 0.6 is 0 Å². The summed E-state index contributed by atoms with van der Waals surface area (Å²) < 4.78 is 10.9. The third kappa shape index (κ3) is 4.70. The molecule has 1 amide bonds. The molecule has 0 atom stereocenters. The van der Waals surface area contributed by atoms with Crippen molar-refractivity contribution in [3.63, 3.8) is 0 Å². The monoisotopic (exact) mass is 346 g/mol. The van der Waals surface area contributed by atoms with Gasteiger partial charge in [-0.25, -0.2) is 4.98 Å². The average Bonchev–Trinajstić information content (AvgIpc) is 3.28. The molecule has 3 heterocycles. The molecule has 3 rings (SSSR count). The maximum absolute atomic E-state index is 12.2. The van der Waals surface area contributed by atoms with Crippen LogP contribution < -0.4 is 0 Å². The Labute approximate surface area is 148 Å². The number of nitrogens with zero attached hydrogens (tertiary/aromatic N) is 4. The molecule has 25 heavy (non-hydrogen) atoms. The summed E-state index contributed by atoms with van der Waals surface area (Å²) in [4.78, 5) is 22.9. The van der Waals surface area contributed by atoms with Crippen LogP contribution in [0.2, 0.25) is 0 Å². The molecule has 136 valence electrons. The van der Waals surface area contributed by atoms with Crippen LogP contribution in [0.3, 0.4) is 0 Å². The Bertz CT molecular complexity index is 660. The molecule has 0 unspecified atom stereocenters. The van der Waals surface area contributed by atoms with Gasteiger partial charge in [-0.2, -0.15) is 0 Å². The van der Waals surface area contributed by atoms with Crippen LogP contribution in [0, 0.1) is 0 Å². The molecular weight excluding hydrogens is 320 g/mol. The van der Waals surface area contributed by atoms with Gasteiger partial charge in [-0.3, -0.25) is 14.6 Å². The van der Waals surface area contributed by atoms with Gasteiger partial charge >= 0.3 is 0 Å². The van der Waals surface area contributed by atoms with Crippen molar-refractivity contribution in [3.05, 3.63) is 42.0 Å². The molecule has 7 heteroatoms. The Morgan fingerprint density at radius 3 is 2.56 bits per heavy atom. The van der Waals surface area contributed by atoms with Gasteiger partial charge in [0.15, 0.2) is 5.69 Å². The van der Waals surface area contributed by atoms with Crippen LogP contribution in [0.25, 0.3) is 0 Å². The van der Waals surface area contributed by atoms with Gasteiger partial charge in [0.05, 0.1) is 19.4 Å². The molecule has 0 aromatic carbocycles. The van der Waals surface area contributed by atoms with Crippen molar-refractivity contribution in [1.29, 1.82) is 0 Å². The third-order valence-electron chi connectivity index (χ3n) is 4.46. The highest BCUT2D eigenvalue weighted by Gasteiger charge is 2.21. The van der Waals surface area contributed by atoms with E-state index in [4.69, 9.17) is 8.83 Å². The number of aromatic nitrogens is 1. The van der Waals surface area contributed by atoms with Crippen LogP contribution in [0.4, 0.5) is 0 Å². The standard InChI is InChI=1S/C18H26N4O3/c1-3-6-20(2)18(23)16-14-25-17(19-16)13-22-9-7-21(8-10-22)12-15-5-4-11-24-15/h4-5,11,14H,3,6-10,12-13H2,1-2H3. The second-order valence-electron chi connectivity index (χ2n) is 6.48. The lowest BCUT2D eigenvalue weighted by molar-refractivity contribution is 0.0789. The summed E-state index contributed by atoms with van der Waals surface area (Å²) in [5, 5.41) is 0. The predicted molar refractivity (Wildman–Crippen MR) is 93.0 cm³/mol. The molecule has 2 aromatic heterocycles. The molecule has 1 saturated heterocycles. The SMILES string of the molecule is CCCN(C)C(=O)c1coc(CN2CCN(Cc3ccco3)CC2)n1. The van der Waals surface area contributed by atoms with Crippen LogP contribution in [0.15, 0.2) is 33.5 Å². The molecular formula is C18H26N4O3. The molecule has 7 nitrogen and oxygen atoms in total. The fourth-order valence-corrected chi connectivity index (χ4v) is 3.03. The molecule has 0 radical (unpaired) electrons. The van der Waals surface area contributed by atoms with Gasteiger partial charge in [0.2, 0.25) is 5.89 Å². The first kappa shape index (κ1) is 17.7. The quantitative estimate of drug-likeness (QED) is 0.765. The van der Waals surface area contributed by atoms with Crippen LogP contribution in [-0.2, 0) is 13.1 Å². The third-order valence-corrected chi connectivity index (χ3v) is 4.46. The number of hydrogen-bond donors (Lipinski definition) is 0. The van der Waals surface area contributed by atoms with Gasteiger partial charge in [-0.1, -0.05) is 6.92 Å². The average molecular weight is 346 g/mol. The van der Waals surface area contributed by atoms with E-state index >= 15 is 0 Å². The number of piperazine rings is 1. The second kappa shape index (κ2) is 8.31. The minimum Gasteiger partial charge on any atom is -0.468 e. The lowest BCUT2D eigenvalue weighted by Gasteiger charge is -2.33. The van der Waals surface area contributed by atoms with Crippen molar-refractivity contribution in [2.75, 3.05) is 39.8 Å². The van der Waals surface area contributed by atoms with Crippen molar-refractivity contribution < 1.29 is 13.6 Å². The van der Waals surface area contributed by atoms with Gasteiger partial charge in [-0.15, -0.1) is 0 Å². The zero-order chi connectivity index (χ0) is 17.6. The number of hydrogen-bond acceptors (Lipinski definition) is 6. The number of rotatable bonds is 7. The van der Waals surface area contributed by atoms with E-state index in [0.29, 0.717) is 18.1 Å². The lowest BCUT2D eigenvalue weighted by Crippen LogP contribution is -2.45. The fourth-order valence-electron chi connectivity index (χ4n) is 3.03. The molecule has 0 aliphatic carbocycles. The molecule has 1 aliphatic rings. The van der Waals surface area contributed by atoms with E-state index in [1.54, 1.807) is 18.2 Å². The molecule has 1 fully saturated rings. The van der Waals surface area contributed by atoms with Crippen molar-refractivity contribution in [3.8, 4) is 0 Å². The summed E-state index contributed by atoms with van der Waals surface area (Å²) in [5.41, 5.74) is 0.391. The first-order valence-corrected chi connectivity index (χ1v) is 8.82. The number of amides is 1. The van der Waals surface area contributed by atoms with E-state index in [9.17, 15) is 4.79 Å². The first-order valence-electron chi connectivity index (χ1n) is 8.82. The Balaban J connectivity index is 1.47. The highest BCUT2D eigenvalue weighted by molar-refractivity contribution is 5.91. The van der Waals surface area contributed by atoms with E-state index < -0.39 is 0 Å². The molecule has 0 N–H and O–H groups in total. The normalized spacial score (nSPS) is 16.2. The fraction of sp³-hybridized carbons (Fsp3) is 0.556. The molecule has 1 aliphatic heterocycles. The maximum atomic E-state index is 12.2. The zero-order valence-electron chi connectivity index (χ0n) is 15.0. The highest BCUT2D eigenvalue weighted by Crippen LogP contribution is 2.12. The Morgan fingerprint density at radius 1 is 1.20 bits per heavy atom. The maximum Gasteiger partial charge on any atom is 0.275 e. The largest absolute Gasteiger partial charge is 0.468 e. The van der Waals surface area contributed by atoms with Gasteiger partial charge in [-0.05, 0) is 18.6 Å². The summed E-state index contributed by atoms with van der Waals surface area (Å²) >= 11 is 0. The van der Waals surface area contributed by atoms with Gasteiger partial charge < -0.3 is 13.7 Å². The van der Waals surface area contributed by atoms with Crippen molar-refractivity contribution in [2.45, 2.75) is 26.4 Å². The van der Waals surface area contributed by atoms with Crippen LogP contribution in [-0.4, -0.2) is 65.4 Å². The van der Waals surface area contributed by atoms with Crippen LogP contribution in [0.1, 0.15) is 35.5 Å². The number of oxazole rings is 1. The summed E-state index contributed by atoms with van der Waals surface area (Å²) in [5.74, 6) is 1.52. The van der Waals surface area contributed by atoms with Crippen molar-refractivity contribution >= 4 is 5.91 Å². The highest BCUT2D eigenvalue weighted by atomic mass is 16.3. The summed E-state index contributed by atoms with van der Waals surface area (Å²) in [7, 11) is 1.79. The number of furan rings is 1. The Morgan fingerprint density at radius 2 is 1.92 bits per heavy atom. The zero-order valence-corrected chi connectivity index (χ0v) is 15.0. The van der Waals surface area contributed by atoms with Crippen molar-refractivity contribution in [2.24, 2.45) is 0 Å². The first-order chi connectivity index (χ1) is 12.2. The van der Waals surface area contributed by atoms with Gasteiger partial charge in [0.25, 0.3) is 5.91 Å². The second-order valence-corrected chi connectivity index (χ2v) is 6.48. The van der Waals surface area contributed by atoms with E-state index in [2.05, 4.69) is 14.8 Å². The minimum atomic E-state index is -0.0832. The Kier molecular flexibility index (Phi) is 5.88. The molecule has 0 saturated carbocycles. The van der Waals surface area contributed by atoms with Gasteiger partial charge in [0, 0.05) is 39.8 Å². The summed E-state index contributed by atoms with van der Waals surface area (Å²) in [6.45, 7) is 8.10. The number of carbonyl (C=O) groups is 1. The summed E-state index contributed by atoms with van der Waals surface area (Å²) in [6.07, 6.45) is 4.11. The molecule has 0 bridgehead atoms.